The molecule has 0 spiro atoms. The highest BCUT2D eigenvalue weighted by Crippen LogP contribution is 2.38. The summed E-state index contributed by atoms with van der Waals surface area (Å²) in [5.74, 6) is 6.79. The second-order valence-corrected chi connectivity index (χ2v) is 5.02. The van der Waals surface area contributed by atoms with Crippen LogP contribution in [-0.2, 0) is 0 Å². The highest BCUT2D eigenvalue weighted by atomic mass is 16.5. The molecule has 0 saturated heterocycles. The first kappa shape index (κ1) is 16.5. The monoisotopic (exact) mass is 304 g/mol. The van der Waals surface area contributed by atoms with Gasteiger partial charge in [0.15, 0.2) is 0 Å². The van der Waals surface area contributed by atoms with E-state index in [-0.39, 0.29) is 19.1 Å². The Hall–Kier alpha value is -2.84. The molecule has 0 fully saturated rings. The Morgan fingerprint density at radius 2 is 1.26 bits per heavy atom. The average Bonchev–Trinajstić information content (AvgIpc) is 2.60. The summed E-state index contributed by atoms with van der Waals surface area (Å²) in [6.07, 6.45) is 11.5. The minimum atomic E-state index is 0.151. The molecule has 0 atom stereocenters. The van der Waals surface area contributed by atoms with Crippen molar-refractivity contribution in [3.63, 3.8) is 0 Å². The van der Waals surface area contributed by atoms with Crippen LogP contribution in [0.5, 0.6) is 11.5 Å². The van der Waals surface area contributed by atoms with Crippen molar-refractivity contribution in [2.75, 3.05) is 13.2 Å². The first-order valence-corrected chi connectivity index (χ1v) is 7.62. The maximum Gasteiger partial charge on any atom is 0.148 e. The molecule has 0 heterocycles. The molecular formula is C21H20O2. The molecule has 0 aromatic heterocycles. The van der Waals surface area contributed by atoms with E-state index in [1.54, 1.807) is 0 Å². The molecule has 2 aromatic carbocycles. The van der Waals surface area contributed by atoms with E-state index in [1.807, 2.05) is 36.4 Å². The number of terminal acetylenes is 2. The summed E-state index contributed by atoms with van der Waals surface area (Å²) in [5, 5.41) is 0. The van der Waals surface area contributed by atoms with Crippen LogP contribution in [-0.4, -0.2) is 13.2 Å². The minimum absolute atomic E-state index is 0.151. The van der Waals surface area contributed by atoms with Gasteiger partial charge in [-0.1, -0.05) is 55.2 Å². The fraction of sp³-hybridized carbons (Fsp3) is 0.238. The van der Waals surface area contributed by atoms with Gasteiger partial charge in [-0.2, -0.15) is 0 Å². The quantitative estimate of drug-likeness (QED) is 0.712. The van der Waals surface area contributed by atoms with Crippen molar-refractivity contribution in [3.05, 3.63) is 59.7 Å². The molecule has 116 valence electrons. The van der Waals surface area contributed by atoms with E-state index in [9.17, 15) is 0 Å². The van der Waals surface area contributed by atoms with E-state index in [1.165, 1.54) is 0 Å². The standard InChI is InChI=1S/C21H20O2/c1-4-15-22-20-13-9-7-11-18(20)17(6-3)19-12-8-10-14-21(19)23-16-5-2/h1-2,7-14,17H,6,15-16H2,3H3. The number of hydrogen-bond donors (Lipinski definition) is 0. The van der Waals surface area contributed by atoms with Crippen LogP contribution in [0.1, 0.15) is 30.4 Å². The minimum Gasteiger partial charge on any atom is -0.481 e. The fourth-order valence-electron chi connectivity index (χ4n) is 2.65. The third-order valence-corrected chi connectivity index (χ3v) is 3.62. The van der Waals surface area contributed by atoms with Crippen LogP contribution in [0.2, 0.25) is 0 Å². The van der Waals surface area contributed by atoms with Gasteiger partial charge >= 0.3 is 0 Å². The molecule has 0 amide bonds. The summed E-state index contributed by atoms with van der Waals surface area (Å²) < 4.78 is 11.4. The smallest absolute Gasteiger partial charge is 0.148 e. The van der Waals surface area contributed by atoms with Crippen molar-refractivity contribution in [2.45, 2.75) is 19.3 Å². The predicted molar refractivity (Wildman–Crippen MR) is 93.7 cm³/mol. The van der Waals surface area contributed by atoms with Crippen LogP contribution in [0.3, 0.4) is 0 Å². The lowest BCUT2D eigenvalue weighted by molar-refractivity contribution is 0.357. The lowest BCUT2D eigenvalue weighted by Crippen LogP contribution is -2.07. The molecule has 2 heteroatoms. The molecule has 2 rings (SSSR count). The molecule has 0 N–H and O–H groups in total. The second kappa shape index (κ2) is 8.57. The fourth-order valence-corrected chi connectivity index (χ4v) is 2.65. The van der Waals surface area contributed by atoms with Crippen LogP contribution in [0.15, 0.2) is 48.5 Å². The molecule has 0 saturated carbocycles. The largest absolute Gasteiger partial charge is 0.481 e. The third kappa shape index (κ3) is 4.09. The summed E-state index contributed by atoms with van der Waals surface area (Å²) >= 11 is 0. The maximum atomic E-state index is 5.70. The molecule has 2 nitrogen and oxygen atoms in total. The highest BCUT2D eigenvalue weighted by Gasteiger charge is 2.20. The third-order valence-electron chi connectivity index (χ3n) is 3.62. The predicted octanol–water partition coefficient (Wildman–Crippen LogP) is 4.25. The van der Waals surface area contributed by atoms with Gasteiger partial charge < -0.3 is 9.47 Å². The molecule has 0 aliphatic heterocycles. The van der Waals surface area contributed by atoms with Crippen LogP contribution in [0, 0.1) is 24.7 Å². The summed E-state index contributed by atoms with van der Waals surface area (Å²) in [6, 6.07) is 15.9. The first-order chi connectivity index (χ1) is 11.3. The lowest BCUT2D eigenvalue weighted by Gasteiger charge is -2.21. The Labute approximate surface area is 138 Å². The zero-order valence-electron chi connectivity index (χ0n) is 13.3. The molecule has 0 aliphatic rings. The Morgan fingerprint density at radius 1 is 0.826 bits per heavy atom. The van der Waals surface area contributed by atoms with Crippen molar-refractivity contribution >= 4 is 0 Å². The molecule has 23 heavy (non-hydrogen) atoms. The lowest BCUT2D eigenvalue weighted by atomic mass is 9.88. The van der Waals surface area contributed by atoms with Gasteiger partial charge in [-0.25, -0.2) is 0 Å². The Bertz CT molecular complexity index is 658. The van der Waals surface area contributed by atoms with E-state index < -0.39 is 0 Å². The van der Waals surface area contributed by atoms with Gasteiger partial charge in [-0.05, 0) is 18.6 Å². The van der Waals surface area contributed by atoms with Crippen molar-refractivity contribution < 1.29 is 9.47 Å². The zero-order valence-corrected chi connectivity index (χ0v) is 13.3. The van der Waals surface area contributed by atoms with Gasteiger partial charge in [0.05, 0.1) is 0 Å². The van der Waals surface area contributed by atoms with Crippen molar-refractivity contribution in [3.8, 4) is 36.2 Å². The van der Waals surface area contributed by atoms with E-state index >= 15 is 0 Å². The topological polar surface area (TPSA) is 18.5 Å². The number of rotatable bonds is 7. The van der Waals surface area contributed by atoms with Crippen molar-refractivity contribution in [1.82, 2.24) is 0 Å². The summed E-state index contributed by atoms with van der Waals surface area (Å²) in [6.45, 7) is 2.64. The molecule has 0 bridgehead atoms. The molecular weight excluding hydrogens is 284 g/mol. The zero-order chi connectivity index (χ0) is 16.5. The van der Waals surface area contributed by atoms with Crippen molar-refractivity contribution in [1.29, 1.82) is 0 Å². The first-order valence-electron chi connectivity index (χ1n) is 7.62. The van der Waals surface area contributed by atoms with Gasteiger partial charge in [0.25, 0.3) is 0 Å². The summed E-state index contributed by atoms with van der Waals surface area (Å²) in [7, 11) is 0. The normalized spacial score (nSPS) is 9.91. The van der Waals surface area contributed by atoms with Crippen LogP contribution >= 0.6 is 0 Å². The van der Waals surface area contributed by atoms with Crippen LogP contribution < -0.4 is 9.47 Å². The van der Waals surface area contributed by atoms with Gasteiger partial charge in [0, 0.05) is 17.0 Å². The Balaban J connectivity index is 2.42. The van der Waals surface area contributed by atoms with Crippen molar-refractivity contribution in [2.24, 2.45) is 0 Å². The van der Waals surface area contributed by atoms with Gasteiger partial charge in [0.1, 0.15) is 24.7 Å². The van der Waals surface area contributed by atoms with E-state index in [0.717, 1.165) is 29.0 Å². The van der Waals surface area contributed by atoms with Crippen LogP contribution in [0.4, 0.5) is 0 Å². The number of ether oxygens (including phenoxy) is 2. The summed E-state index contributed by atoms with van der Waals surface area (Å²) in [5.41, 5.74) is 2.20. The molecule has 2 aromatic rings. The van der Waals surface area contributed by atoms with Gasteiger partial charge in [0.2, 0.25) is 0 Å². The van der Waals surface area contributed by atoms with Crippen LogP contribution in [0.25, 0.3) is 0 Å². The van der Waals surface area contributed by atoms with E-state index in [0.29, 0.717) is 0 Å². The maximum absolute atomic E-state index is 5.70. The number of hydrogen-bond acceptors (Lipinski definition) is 2. The Morgan fingerprint density at radius 3 is 1.65 bits per heavy atom. The highest BCUT2D eigenvalue weighted by molar-refractivity contribution is 5.47. The SMILES string of the molecule is C#CCOc1ccccc1C(CC)c1ccccc1OCC#C. The molecule has 0 unspecified atom stereocenters. The second-order valence-electron chi connectivity index (χ2n) is 5.02. The average molecular weight is 304 g/mol. The summed E-state index contributed by atoms with van der Waals surface area (Å²) in [4.78, 5) is 0. The van der Waals surface area contributed by atoms with Gasteiger partial charge in [-0.3, -0.25) is 0 Å². The van der Waals surface area contributed by atoms with E-state index in [2.05, 4.69) is 30.9 Å². The molecule has 0 radical (unpaired) electrons. The van der Waals surface area contributed by atoms with E-state index in [4.69, 9.17) is 22.3 Å². The number of para-hydroxylation sites is 2. The molecule has 0 aliphatic carbocycles. The Kier molecular flexibility index (Phi) is 6.16. The number of benzene rings is 2. The van der Waals surface area contributed by atoms with Gasteiger partial charge in [-0.15, -0.1) is 12.8 Å².